The summed E-state index contributed by atoms with van der Waals surface area (Å²) in [4.78, 5) is 12.5. The molecule has 24 heavy (non-hydrogen) atoms. The number of aliphatic hydroxyl groups is 1. The number of nitrogens with one attached hydrogen (secondary N) is 1. The number of hydrogen-bond acceptors (Lipinski definition) is 5. The molecule has 6 nitrogen and oxygen atoms in total. The molecule has 2 fully saturated rings. The first-order valence-corrected chi connectivity index (χ1v) is 9.17. The van der Waals surface area contributed by atoms with Crippen molar-refractivity contribution in [1.29, 1.82) is 0 Å². The summed E-state index contributed by atoms with van der Waals surface area (Å²) in [6.45, 7) is 0. The predicted octanol–water partition coefficient (Wildman–Crippen LogP) is 2.77. The van der Waals surface area contributed by atoms with E-state index in [-0.39, 0.29) is 23.8 Å². The number of methoxy groups -OCH3 is 1. The summed E-state index contributed by atoms with van der Waals surface area (Å²) in [5.74, 6) is 0.344. The number of aromatic nitrogens is 1. The topological polar surface area (TPSA) is 84.6 Å². The first-order valence-electron chi connectivity index (χ1n) is 9.17. The van der Waals surface area contributed by atoms with Crippen LogP contribution in [-0.4, -0.2) is 41.5 Å². The van der Waals surface area contributed by atoms with Gasteiger partial charge in [-0.15, -0.1) is 0 Å². The monoisotopic (exact) mass is 336 g/mol. The molecule has 134 valence electrons. The number of rotatable bonds is 4. The summed E-state index contributed by atoms with van der Waals surface area (Å²) in [7, 11) is 1.60. The van der Waals surface area contributed by atoms with Crippen LogP contribution in [0.2, 0.25) is 0 Å². The molecule has 0 unspecified atom stereocenters. The van der Waals surface area contributed by atoms with E-state index >= 15 is 0 Å². The number of nitrogens with zero attached hydrogens (tertiary/aromatic N) is 1. The van der Waals surface area contributed by atoms with E-state index in [1.807, 2.05) is 0 Å². The summed E-state index contributed by atoms with van der Waals surface area (Å²) in [5, 5.41) is 17.4. The van der Waals surface area contributed by atoms with Crippen LogP contribution in [0.4, 0.5) is 0 Å². The molecule has 2 N–H and O–H groups in total. The number of carbonyl (C=O) groups excluding carboxylic acids is 1. The van der Waals surface area contributed by atoms with Gasteiger partial charge in [-0.3, -0.25) is 4.79 Å². The molecule has 0 aliphatic heterocycles. The lowest BCUT2D eigenvalue weighted by atomic mass is 9.87. The highest BCUT2D eigenvalue weighted by molar-refractivity contribution is 5.91. The van der Waals surface area contributed by atoms with Gasteiger partial charge in [0.1, 0.15) is 6.10 Å². The van der Waals surface area contributed by atoms with Gasteiger partial charge >= 0.3 is 0 Å². The first-order chi connectivity index (χ1) is 11.7. The van der Waals surface area contributed by atoms with Crippen molar-refractivity contribution >= 4 is 5.91 Å². The first kappa shape index (κ1) is 17.4. The Balaban J connectivity index is 1.62. The molecule has 3 rings (SSSR count). The quantitative estimate of drug-likeness (QED) is 0.826. The maximum atomic E-state index is 12.5. The van der Waals surface area contributed by atoms with Crippen LogP contribution in [0.25, 0.3) is 0 Å². The number of ether oxygens (including phenoxy) is 1. The number of aliphatic hydroxyl groups excluding tert-OH is 1. The second-order valence-corrected chi connectivity index (χ2v) is 7.08. The second-order valence-electron chi connectivity index (χ2n) is 7.08. The van der Waals surface area contributed by atoms with Crippen molar-refractivity contribution in [3.05, 3.63) is 17.5 Å². The fourth-order valence-electron chi connectivity index (χ4n) is 3.95. The zero-order valence-corrected chi connectivity index (χ0v) is 14.4. The molecule has 1 heterocycles. The molecule has 2 aliphatic rings. The maximum Gasteiger partial charge on any atom is 0.290 e. The molecule has 0 saturated heterocycles. The summed E-state index contributed by atoms with van der Waals surface area (Å²) >= 11 is 0. The van der Waals surface area contributed by atoms with Gasteiger partial charge in [0, 0.05) is 19.1 Å². The minimum Gasteiger partial charge on any atom is -0.388 e. The van der Waals surface area contributed by atoms with Crippen LogP contribution >= 0.6 is 0 Å². The van der Waals surface area contributed by atoms with Gasteiger partial charge < -0.3 is 19.7 Å². The summed E-state index contributed by atoms with van der Waals surface area (Å²) in [6.07, 6.45) is 8.54. The van der Waals surface area contributed by atoms with Gasteiger partial charge in [0.05, 0.1) is 17.8 Å². The fraction of sp³-hybridized carbons (Fsp3) is 0.778. The Morgan fingerprint density at radius 1 is 1.21 bits per heavy atom. The zero-order valence-electron chi connectivity index (χ0n) is 14.4. The highest BCUT2D eigenvalue weighted by atomic mass is 16.5. The van der Waals surface area contributed by atoms with E-state index in [9.17, 15) is 9.90 Å². The Morgan fingerprint density at radius 3 is 2.67 bits per heavy atom. The smallest absolute Gasteiger partial charge is 0.290 e. The standard InChI is InChI=1S/C18H28N2O4/c1-23-15-10-6-5-9-13(17(15)21)19-18(22)16-11-14(20-24-16)12-7-3-2-4-8-12/h11-13,15,17,21H,2-10H2,1H3,(H,19,22)/t13-,15-,17-/m1/s1. The van der Waals surface area contributed by atoms with E-state index < -0.39 is 6.10 Å². The molecule has 1 aromatic rings. The van der Waals surface area contributed by atoms with Gasteiger partial charge in [-0.25, -0.2) is 0 Å². The Labute approximate surface area is 142 Å². The summed E-state index contributed by atoms with van der Waals surface area (Å²) in [6, 6.07) is 1.45. The number of amides is 1. The van der Waals surface area contributed by atoms with Crippen LogP contribution in [0, 0.1) is 0 Å². The Hall–Kier alpha value is -1.40. The molecule has 2 saturated carbocycles. The Morgan fingerprint density at radius 2 is 1.92 bits per heavy atom. The molecule has 1 amide bonds. The van der Waals surface area contributed by atoms with Crippen molar-refractivity contribution < 1.29 is 19.2 Å². The van der Waals surface area contributed by atoms with Gasteiger partial charge in [-0.1, -0.05) is 37.3 Å². The normalized spacial score (nSPS) is 29.2. The average Bonchev–Trinajstić information content (AvgIpc) is 3.04. The van der Waals surface area contributed by atoms with Crippen molar-refractivity contribution in [2.75, 3.05) is 7.11 Å². The minimum absolute atomic E-state index is 0.231. The molecule has 0 radical (unpaired) electrons. The summed E-state index contributed by atoms with van der Waals surface area (Å²) < 4.78 is 10.6. The largest absolute Gasteiger partial charge is 0.388 e. The van der Waals surface area contributed by atoms with Crippen molar-refractivity contribution in [2.24, 2.45) is 0 Å². The molecule has 0 aromatic carbocycles. The van der Waals surface area contributed by atoms with Crippen molar-refractivity contribution in [3.8, 4) is 0 Å². The Bertz CT molecular complexity index is 539. The van der Waals surface area contributed by atoms with Gasteiger partial charge in [-0.05, 0) is 25.7 Å². The Kier molecular flexibility index (Phi) is 5.89. The molecule has 0 bridgehead atoms. The van der Waals surface area contributed by atoms with E-state index in [1.54, 1.807) is 13.2 Å². The molecule has 0 spiro atoms. The van der Waals surface area contributed by atoms with Crippen LogP contribution in [-0.2, 0) is 4.74 Å². The third-order valence-electron chi connectivity index (χ3n) is 5.44. The molecule has 2 aliphatic carbocycles. The molecule has 6 heteroatoms. The highest BCUT2D eigenvalue weighted by Crippen LogP contribution is 2.32. The highest BCUT2D eigenvalue weighted by Gasteiger charge is 2.32. The zero-order chi connectivity index (χ0) is 16.9. The van der Waals surface area contributed by atoms with Crippen LogP contribution < -0.4 is 5.32 Å². The minimum atomic E-state index is -0.692. The molecule has 3 atom stereocenters. The van der Waals surface area contributed by atoms with Crippen LogP contribution in [0.5, 0.6) is 0 Å². The van der Waals surface area contributed by atoms with E-state index in [4.69, 9.17) is 9.26 Å². The van der Waals surface area contributed by atoms with Crippen LogP contribution in [0.1, 0.15) is 80.0 Å². The van der Waals surface area contributed by atoms with Crippen molar-refractivity contribution in [3.63, 3.8) is 0 Å². The molecular weight excluding hydrogens is 308 g/mol. The van der Waals surface area contributed by atoms with Gasteiger partial charge in [0.15, 0.2) is 0 Å². The lowest BCUT2D eigenvalue weighted by Gasteiger charge is -2.26. The van der Waals surface area contributed by atoms with Gasteiger partial charge in [0.25, 0.3) is 5.91 Å². The molecule has 1 aromatic heterocycles. The van der Waals surface area contributed by atoms with E-state index in [0.717, 1.165) is 44.2 Å². The van der Waals surface area contributed by atoms with Gasteiger partial charge in [0.2, 0.25) is 5.76 Å². The predicted molar refractivity (Wildman–Crippen MR) is 88.9 cm³/mol. The average molecular weight is 336 g/mol. The van der Waals surface area contributed by atoms with Crippen LogP contribution in [0.15, 0.2) is 10.6 Å². The number of hydrogen-bond donors (Lipinski definition) is 2. The van der Waals surface area contributed by atoms with Crippen molar-refractivity contribution in [2.45, 2.75) is 82.0 Å². The fourth-order valence-corrected chi connectivity index (χ4v) is 3.95. The lowest BCUT2D eigenvalue weighted by molar-refractivity contribution is -0.0279. The maximum absolute atomic E-state index is 12.5. The second kappa shape index (κ2) is 8.12. The van der Waals surface area contributed by atoms with Crippen molar-refractivity contribution in [1.82, 2.24) is 10.5 Å². The third kappa shape index (κ3) is 3.98. The van der Waals surface area contributed by atoms with E-state index in [0.29, 0.717) is 5.92 Å². The third-order valence-corrected chi connectivity index (χ3v) is 5.44. The lowest BCUT2D eigenvalue weighted by Crippen LogP contribution is -2.47. The summed E-state index contributed by atoms with van der Waals surface area (Å²) in [5.41, 5.74) is 0.885. The van der Waals surface area contributed by atoms with E-state index in [1.165, 1.54) is 19.3 Å². The van der Waals surface area contributed by atoms with Crippen LogP contribution in [0.3, 0.4) is 0 Å². The number of carbonyl (C=O) groups is 1. The van der Waals surface area contributed by atoms with Gasteiger partial charge in [-0.2, -0.15) is 0 Å². The van der Waals surface area contributed by atoms with E-state index in [2.05, 4.69) is 10.5 Å². The molecular formula is C18H28N2O4. The SMILES string of the molecule is CO[C@@H]1CCCC[C@@H](NC(=O)c2cc(C3CCCCC3)no2)[C@H]1O.